The van der Waals surface area contributed by atoms with Crippen molar-refractivity contribution in [2.24, 2.45) is 0 Å². The van der Waals surface area contributed by atoms with Gasteiger partial charge in [0, 0.05) is 6.61 Å². The van der Waals surface area contributed by atoms with Crippen LogP contribution in [0.15, 0.2) is 24.3 Å². The Labute approximate surface area is 129 Å². The van der Waals surface area contributed by atoms with Gasteiger partial charge in [-0.15, -0.1) is 0 Å². The van der Waals surface area contributed by atoms with Gasteiger partial charge in [-0.2, -0.15) is 0 Å². The first-order valence-corrected chi connectivity index (χ1v) is 8.35. The third-order valence-corrected chi connectivity index (χ3v) is 4.10. The molecular weight excluding hydrogens is 262 g/mol. The molecule has 0 saturated carbocycles. The van der Waals surface area contributed by atoms with Gasteiger partial charge in [0.15, 0.2) is 0 Å². The third kappa shape index (κ3) is 5.42. The maximum absolute atomic E-state index is 5.91. The molecule has 0 aliphatic carbocycles. The van der Waals surface area contributed by atoms with E-state index in [0.29, 0.717) is 12.7 Å². The van der Waals surface area contributed by atoms with Gasteiger partial charge in [-0.3, -0.25) is 0 Å². The second-order valence-corrected chi connectivity index (χ2v) is 5.73. The minimum Gasteiger partial charge on any atom is -0.377 e. The Kier molecular flexibility index (Phi) is 7.20. The van der Waals surface area contributed by atoms with Gasteiger partial charge in [-0.05, 0) is 43.4 Å². The summed E-state index contributed by atoms with van der Waals surface area (Å²) in [5.41, 5.74) is 2.68. The minimum atomic E-state index is 0.268. The number of hydrogen-bond acceptors (Lipinski definition) is 3. The number of ether oxygens (including phenoxy) is 2. The minimum absolute atomic E-state index is 0.268. The summed E-state index contributed by atoms with van der Waals surface area (Å²) < 4.78 is 11.6. The molecule has 0 spiro atoms. The number of aryl methyl sites for hydroxylation is 1. The third-order valence-electron chi connectivity index (χ3n) is 4.10. The topological polar surface area (TPSA) is 30.5 Å². The quantitative estimate of drug-likeness (QED) is 0.795. The van der Waals surface area contributed by atoms with Gasteiger partial charge in [-0.1, -0.05) is 38.1 Å². The van der Waals surface area contributed by atoms with E-state index in [4.69, 9.17) is 9.47 Å². The van der Waals surface area contributed by atoms with Gasteiger partial charge in [0.05, 0.1) is 25.4 Å². The molecule has 1 aliphatic rings. The predicted octanol–water partition coefficient (Wildman–Crippen LogP) is 3.49. The van der Waals surface area contributed by atoms with Crippen LogP contribution in [0.4, 0.5) is 0 Å². The van der Waals surface area contributed by atoms with Crippen LogP contribution in [-0.4, -0.2) is 32.5 Å². The highest BCUT2D eigenvalue weighted by molar-refractivity contribution is 5.25. The van der Waals surface area contributed by atoms with E-state index in [-0.39, 0.29) is 6.04 Å². The van der Waals surface area contributed by atoms with Crippen molar-refractivity contribution >= 4 is 0 Å². The Hall–Kier alpha value is -0.900. The summed E-state index contributed by atoms with van der Waals surface area (Å²) in [4.78, 5) is 0. The number of rotatable bonds is 8. The van der Waals surface area contributed by atoms with Crippen molar-refractivity contribution in [1.82, 2.24) is 5.32 Å². The zero-order chi connectivity index (χ0) is 14.9. The largest absolute Gasteiger partial charge is 0.377 e. The number of nitrogens with one attached hydrogen (secondary N) is 1. The molecule has 3 heteroatoms. The molecule has 0 radical (unpaired) electrons. The van der Waals surface area contributed by atoms with Crippen LogP contribution in [-0.2, 0) is 15.9 Å². The molecule has 1 aliphatic heterocycles. The molecule has 1 aromatic rings. The van der Waals surface area contributed by atoms with Crippen LogP contribution in [0.5, 0.6) is 0 Å². The Morgan fingerprint density at radius 3 is 2.67 bits per heavy atom. The molecule has 1 fully saturated rings. The Balaban J connectivity index is 1.82. The van der Waals surface area contributed by atoms with Crippen molar-refractivity contribution in [3.63, 3.8) is 0 Å². The Morgan fingerprint density at radius 1 is 1.24 bits per heavy atom. The molecule has 2 rings (SSSR count). The fourth-order valence-corrected chi connectivity index (χ4v) is 2.76. The lowest BCUT2D eigenvalue weighted by Crippen LogP contribution is -2.29. The van der Waals surface area contributed by atoms with Crippen LogP contribution < -0.4 is 5.32 Å². The van der Waals surface area contributed by atoms with E-state index in [1.54, 1.807) is 0 Å². The summed E-state index contributed by atoms with van der Waals surface area (Å²) >= 11 is 0. The molecule has 1 N–H and O–H groups in total. The average Bonchev–Trinajstić information content (AvgIpc) is 2.55. The van der Waals surface area contributed by atoms with Crippen molar-refractivity contribution in [2.75, 3.05) is 26.4 Å². The van der Waals surface area contributed by atoms with Crippen LogP contribution in [0.25, 0.3) is 0 Å². The fraction of sp³-hybridized carbons (Fsp3) is 0.667. The Bertz CT molecular complexity index is 385. The van der Waals surface area contributed by atoms with Crippen molar-refractivity contribution in [3.05, 3.63) is 35.4 Å². The Morgan fingerprint density at radius 2 is 2.05 bits per heavy atom. The van der Waals surface area contributed by atoms with E-state index < -0.39 is 0 Å². The first-order valence-electron chi connectivity index (χ1n) is 8.35. The maximum Gasteiger partial charge on any atom is 0.0808 e. The van der Waals surface area contributed by atoms with Crippen molar-refractivity contribution in [1.29, 1.82) is 0 Å². The molecule has 1 aromatic carbocycles. The van der Waals surface area contributed by atoms with E-state index in [1.807, 2.05) is 0 Å². The predicted molar refractivity (Wildman–Crippen MR) is 86.6 cm³/mol. The van der Waals surface area contributed by atoms with Gasteiger partial charge >= 0.3 is 0 Å². The van der Waals surface area contributed by atoms with Gasteiger partial charge < -0.3 is 14.8 Å². The second-order valence-electron chi connectivity index (χ2n) is 5.73. The molecule has 0 amide bonds. The standard InChI is InChI=1S/C18H29NO2/c1-3-15-8-10-16(11-9-15)18(19-4-2)14-20-13-17-7-5-6-12-21-17/h8-11,17-19H,3-7,12-14H2,1-2H3. The van der Waals surface area contributed by atoms with E-state index in [0.717, 1.165) is 32.6 Å². The normalized spacial score (nSPS) is 20.4. The van der Waals surface area contributed by atoms with Crippen LogP contribution in [0.2, 0.25) is 0 Å². The summed E-state index contributed by atoms with van der Waals surface area (Å²) in [6.45, 7) is 7.59. The first-order chi connectivity index (χ1) is 10.3. The summed E-state index contributed by atoms with van der Waals surface area (Å²) in [6.07, 6.45) is 4.98. The molecular formula is C18H29NO2. The average molecular weight is 291 g/mol. The van der Waals surface area contributed by atoms with Crippen LogP contribution >= 0.6 is 0 Å². The molecule has 2 unspecified atom stereocenters. The molecule has 0 bridgehead atoms. The molecule has 118 valence electrons. The second kappa shape index (κ2) is 9.19. The van der Waals surface area contributed by atoms with E-state index in [1.165, 1.54) is 24.0 Å². The van der Waals surface area contributed by atoms with Crippen LogP contribution in [0.1, 0.15) is 50.3 Å². The number of benzene rings is 1. The maximum atomic E-state index is 5.91. The van der Waals surface area contributed by atoms with Crippen molar-refractivity contribution in [2.45, 2.75) is 51.7 Å². The van der Waals surface area contributed by atoms with Gasteiger partial charge in [-0.25, -0.2) is 0 Å². The molecule has 1 saturated heterocycles. The highest BCUT2D eigenvalue weighted by Crippen LogP contribution is 2.17. The summed E-state index contributed by atoms with van der Waals surface area (Å²) in [7, 11) is 0. The van der Waals surface area contributed by atoms with Crippen LogP contribution in [0, 0.1) is 0 Å². The smallest absolute Gasteiger partial charge is 0.0808 e. The SMILES string of the molecule is CCNC(COCC1CCCCO1)c1ccc(CC)cc1. The van der Waals surface area contributed by atoms with Crippen molar-refractivity contribution < 1.29 is 9.47 Å². The monoisotopic (exact) mass is 291 g/mol. The highest BCUT2D eigenvalue weighted by Gasteiger charge is 2.16. The van der Waals surface area contributed by atoms with Crippen LogP contribution in [0.3, 0.4) is 0 Å². The fourth-order valence-electron chi connectivity index (χ4n) is 2.76. The van der Waals surface area contributed by atoms with E-state index in [9.17, 15) is 0 Å². The van der Waals surface area contributed by atoms with Crippen molar-refractivity contribution in [3.8, 4) is 0 Å². The zero-order valence-electron chi connectivity index (χ0n) is 13.4. The van der Waals surface area contributed by atoms with E-state index in [2.05, 4.69) is 43.4 Å². The molecule has 2 atom stereocenters. The summed E-state index contributed by atoms with van der Waals surface area (Å²) in [5, 5.41) is 3.51. The van der Waals surface area contributed by atoms with Gasteiger partial charge in [0.2, 0.25) is 0 Å². The molecule has 1 heterocycles. The number of likely N-dealkylation sites (N-methyl/N-ethyl adjacent to an activating group) is 1. The number of hydrogen-bond donors (Lipinski definition) is 1. The highest BCUT2D eigenvalue weighted by atomic mass is 16.5. The molecule has 3 nitrogen and oxygen atoms in total. The van der Waals surface area contributed by atoms with E-state index >= 15 is 0 Å². The first kappa shape index (κ1) is 16.5. The molecule has 0 aromatic heterocycles. The zero-order valence-corrected chi connectivity index (χ0v) is 13.4. The van der Waals surface area contributed by atoms with Gasteiger partial charge in [0.25, 0.3) is 0 Å². The van der Waals surface area contributed by atoms with Gasteiger partial charge in [0.1, 0.15) is 0 Å². The lowest BCUT2D eigenvalue weighted by atomic mass is 10.0. The lowest BCUT2D eigenvalue weighted by Gasteiger charge is -2.24. The molecule has 21 heavy (non-hydrogen) atoms. The summed E-state index contributed by atoms with van der Waals surface area (Å²) in [5.74, 6) is 0. The summed E-state index contributed by atoms with van der Waals surface area (Å²) in [6, 6.07) is 9.12. The lowest BCUT2D eigenvalue weighted by molar-refractivity contribution is -0.0442.